The Balaban J connectivity index is 2.35. The number of aromatic carboxylic acids is 1. The predicted octanol–water partition coefficient (Wildman–Crippen LogP) is 3.16. The minimum atomic E-state index is -1.25. The number of hydrogen-bond acceptors (Lipinski definition) is 4. The van der Waals surface area contributed by atoms with E-state index >= 15 is 0 Å². The lowest BCUT2D eigenvalue weighted by atomic mass is 10.0. The first kappa shape index (κ1) is 16.5. The molecule has 0 amide bonds. The largest absolute Gasteiger partial charge is 0.477 e. The van der Waals surface area contributed by atoms with Crippen LogP contribution in [0.4, 0.5) is 0 Å². The number of halogens is 1. The van der Waals surface area contributed by atoms with E-state index in [1.54, 1.807) is 17.6 Å². The molecule has 126 valence electrons. The van der Waals surface area contributed by atoms with Gasteiger partial charge in [0.05, 0.1) is 28.0 Å². The van der Waals surface area contributed by atoms with Gasteiger partial charge in [0.1, 0.15) is 12.2 Å². The van der Waals surface area contributed by atoms with Crippen LogP contribution in [0.2, 0.25) is 5.02 Å². The first-order chi connectivity index (χ1) is 11.3. The van der Waals surface area contributed by atoms with E-state index in [4.69, 9.17) is 16.3 Å². The highest BCUT2D eigenvalue weighted by molar-refractivity contribution is 6.31. The number of ether oxygens (including phenoxy) is 1. The van der Waals surface area contributed by atoms with Gasteiger partial charge in [-0.25, -0.2) is 9.78 Å². The first-order valence-electron chi connectivity index (χ1n) is 7.59. The van der Waals surface area contributed by atoms with Crippen molar-refractivity contribution in [3.05, 3.63) is 44.8 Å². The molecule has 0 saturated heterocycles. The van der Waals surface area contributed by atoms with Crippen molar-refractivity contribution in [3.63, 3.8) is 0 Å². The number of nitrogens with zero attached hydrogens (tertiary/aromatic N) is 2. The van der Waals surface area contributed by atoms with Crippen LogP contribution in [0.3, 0.4) is 0 Å². The normalized spacial score (nSPS) is 16.1. The third kappa shape index (κ3) is 2.67. The molecule has 0 fully saturated rings. The molecule has 0 saturated carbocycles. The lowest BCUT2D eigenvalue weighted by Gasteiger charge is -2.24. The van der Waals surface area contributed by atoms with Gasteiger partial charge in [0.2, 0.25) is 5.88 Å². The maximum Gasteiger partial charge on any atom is 0.341 e. The van der Waals surface area contributed by atoms with Crippen molar-refractivity contribution in [2.45, 2.75) is 26.8 Å². The van der Waals surface area contributed by atoms with E-state index in [1.807, 2.05) is 13.8 Å². The minimum Gasteiger partial charge on any atom is -0.477 e. The predicted molar refractivity (Wildman–Crippen MR) is 90.0 cm³/mol. The Morgan fingerprint density at radius 2 is 2.17 bits per heavy atom. The second-order valence-electron chi connectivity index (χ2n) is 6.18. The number of aromatic nitrogens is 2. The lowest BCUT2D eigenvalue weighted by molar-refractivity contribution is 0.0694. The number of rotatable bonds is 2. The Morgan fingerprint density at radius 1 is 1.46 bits per heavy atom. The van der Waals surface area contributed by atoms with Crippen molar-refractivity contribution in [3.8, 4) is 17.1 Å². The fourth-order valence-corrected chi connectivity index (χ4v) is 2.96. The van der Waals surface area contributed by atoms with Crippen LogP contribution in [0.15, 0.2) is 23.1 Å². The van der Waals surface area contributed by atoms with Gasteiger partial charge in [0, 0.05) is 12.3 Å². The van der Waals surface area contributed by atoms with E-state index in [-0.39, 0.29) is 17.5 Å². The summed E-state index contributed by atoms with van der Waals surface area (Å²) in [5.41, 5.74) is 0.961. The van der Waals surface area contributed by atoms with E-state index < -0.39 is 11.4 Å². The van der Waals surface area contributed by atoms with Gasteiger partial charge < -0.3 is 14.4 Å². The molecule has 0 spiro atoms. The van der Waals surface area contributed by atoms with Crippen molar-refractivity contribution in [1.29, 1.82) is 0 Å². The molecule has 1 aliphatic heterocycles. The molecular formula is C17H17ClN2O4. The van der Waals surface area contributed by atoms with Crippen molar-refractivity contribution in [1.82, 2.24) is 9.55 Å². The molecule has 1 unspecified atom stereocenters. The molecule has 0 aromatic carbocycles. The number of carboxylic acids is 1. The summed E-state index contributed by atoms with van der Waals surface area (Å²) < 4.78 is 7.63. The van der Waals surface area contributed by atoms with Gasteiger partial charge in [-0.3, -0.25) is 4.79 Å². The van der Waals surface area contributed by atoms with Crippen LogP contribution in [-0.4, -0.2) is 27.2 Å². The van der Waals surface area contributed by atoms with Crippen molar-refractivity contribution >= 4 is 17.6 Å². The molecule has 2 aromatic heterocycles. The standard InChI is InChI=1S/C17H17ClN2O4/c1-8(2)14-7-24-16-10(4-12(18)9(3)19-16)13-5-15(21)11(17(22)23)6-20(13)14/h4-6,8,14H,7H2,1-3H3,(H,22,23). The summed E-state index contributed by atoms with van der Waals surface area (Å²) in [7, 11) is 0. The molecule has 1 aliphatic rings. The Bertz CT molecular complexity index is 889. The molecule has 0 aliphatic carbocycles. The SMILES string of the molecule is Cc1nc2c(cc1Cl)-c1cc(=O)c(C(=O)O)cn1C(C(C)C)CO2. The van der Waals surface area contributed by atoms with E-state index in [0.29, 0.717) is 34.5 Å². The van der Waals surface area contributed by atoms with Gasteiger partial charge in [-0.05, 0) is 18.9 Å². The fraction of sp³-hybridized carbons (Fsp3) is 0.353. The maximum atomic E-state index is 12.2. The lowest BCUT2D eigenvalue weighted by Crippen LogP contribution is -2.25. The third-order valence-electron chi connectivity index (χ3n) is 4.22. The van der Waals surface area contributed by atoms with E-state index in [9.17, 15) is 14.7 Å². The van der Waals surface area contributed by atoms with Gasteiger partial charge in [0.15, 0.2) is 5.43 Å². The average molecular weight is 349 g/mol. The number of aryl methyl sites for hydroxylation is 1. The molecule has 1 N–H and O–H groups in total. The summed E-state index contributed by atoms with van der Waals surface area (Å²) in [6.07, 6.45) is 1.39. The van der Waals surface area contributed by atoms with Crippen LogP contribution in [0.5, 0.6) is 5.88 Å². The minimum absolute atomic E-state index is 0.132. The Morgan fingerprint density at radius 3 is 2.79 bits per heavy atom. The molecule has 3 heterocycles. The molecular weight excluding hydrogens is 332 g/mol. The highest BCUT2D eigenvalue weighted by Crippen LogP contribution is 2.37. The van der Waals surface area contributed by atoms with Gasteiger partial charge in [-0.2, -0.15) is 0 Å². The maximum absolute atomic E-state index is 12.2. The van der Waals surface area contributed by atoms with E-state index in [0.717, 1.165) is 0 Å². The van der Waals surface area contributed by atoms with Gasteiger partial charge >= 0.3 is 5.97 Å². The zero-order chi connectivity index (χ0) is 17.6. The van der Waals surface area contributed by atoms with Crippen LogP contribution in [-0.2, 0) is 0 Å². The molecule has 2 aromatic rings. The first-order valence-corrected chi connectivity index (χ1v) is 7.97. The van der Waals surface area contributed by atoms with Crippen LogP contribution in [0.1, 0.15) is 35.9 Å². The Kier molecular flexibility index (Phi) is 4.09. The summed E-state index contributed by atoms with van der Waals surface area (Å²) in [5.74, 6) is -0.682. The zero-order valence-corrected chi connectivity index (χ0v) is 14.3. The summed E-state index contributed by atoms with van der Waals surface area (Å²) >= 11 is 6.19. The average Bonchev–Trinajstić information content (AvgIpc) is 2.64. The molecule has 3 rings (SSSR count). The second-order valence-corrected chi connectivity index (χ2v) is 6.59. The van der Waals surface area contributed by atoms with Crippen LogP contribution >= 0.6 is 11.6 Å². The van der Waals surface area contributed by atoms with Crippen molar-refractivity contribution < 1.29 is 14.6 Å². The number of fused-ring (bicyclic) bond motifs is 3. The fourth-order valence-electron chi connectivity index (χ4n) is 2.81. The van der Waals surface area contributed by atoms with E-state index in [2.05, 4.69) is 4.98 Å². The van der Waals surface area contributed by atoms with E-state index in [1.165, 1.54) is 12.3 Å². The van der Waals surface area contributed by atoms with Gasteiger partial charge in [-0.1, -0.05) is 25.4 Å². The second kappa shape index (κ2) is 5.94. The molecule has 0 bridgehead atoms. The summed E-state index contributed by atoms with van der Waals surface area (Å²) in [5, 5.41) is 9.72. The molecule has 0 radical (unpaired) electrons. The summed E-state index contributed by atoms with van der Waals surface area (Å²) in [4.78, 5) is 27.9. The number of carbonyl (C=O) groups is 1. The highest BCUT2D eigenvalue weighted by atomic mass is 35.5. The Hall–Kier alpha value is -2.34. The number of hydrogen-bond donors (Lipinski definition) is 1. The van der Waals surface area contributed by atoms with Gasteiger partial charge in [0.25, 0.3) is 0 Å². The molecule has 6 nitrogen and oxygen atoms in total. The summed E-state index contributed by atoms with van der Waals surface area (Å²) in [6, 6.07) is 2.89. The van der Waals surface area contributed by atoms with Gasteiger partial charge in [-0.15, -0.1) is 0 Å². The Labute approximate surface area is 143 Å². The molecule has 1 atom stereocenters. The third-order valence-corrected chi connectivity index (χ3v) is 4.60. The van der Waals surface area contributed by atoms with Crippen molar-refractivity contribution in [2.75, 3.05) is 6.61 Å². The van der Waals surface area contributed by atoms with Crippen LogP contribution in [0, 0.1) is 12.8 Å². The van der Waals surface area contributed by atoms with Crippen LogP contribution in [0.25, 0.3) is 11.3 Å². The highest BCUT2D eigenvalue weighted by Gasteiger charge is 2.28. The molecule has 24 heavy (non-hydrogen) atoms. The quantitative estimate of drug-likeness (QED) is 0.901. The summed E-state index contributed by atoms with van der Waals surface area (Å²) in [6.45, 7) is 6.13. The number of carboxylic acid groups (broad SMARTS) is 1. The topological polar surface area (TPSA) is 81.4 Å². The number of pyridine rings is 2. The van der Waals surface area contributed by atoms with Crippen LogP contribution < -0.4 is 10.2 Å². The zero-order valence-electron chi connectivity index (χ0n) is 13.5. The molecule has 7 heteroatoms. The smallest absolute Gasteiger partial charge is 0.341 e. The van der Waals surface area contributed by atoms with Crippen molar-refractivity contribution in [2.24, 2.45) is 5.92 Å². The monoisotopic (exact) mass is 348 g/mol.